The van der Waals surface area contributed by atoms with Crippen LogP contribution in [0.3, 0.4) is 0 Å². The number of aliphatic hydroxyl groups is 2. The summed E-state index contributed by atoms with van der Waals surface area (Å²) in [6.07, 6.45) is 5.59. The van der Waals surface area contributed by atoms with E-state index < -0.39 is 58.0 Å². The summed E-state index contributed by atoms with van der Waals surface area (Å²) in [4.78, 5) is 25.6. The molecule has 236 valence electrons. The Bertz CT molecular complexity index is 1170. The molecule has 0 aromatic carbocycles. The highest BCUT2D eigenvalue weighted by molar-refractivity contribution is 5.95. The molecule has 0 amide bonds. The van der Waals surface area contributed by atoms with Gasteiger partial charge < -0.3 is 29.2 Å². The second kappa shape index (κ2) is 10.2. The molecule has 3 fully saturated rings. The molecular formula is C34H52O8. The number of hydrogen-bond donors (Lipinski definition) is 2. The van der Waals surface area contributed by atoms with Crippen molar-refractivity contribution in [2.75, 3.05) is 14.2 Å². The predicted octanol–water partition coefficient (Wildman–Crippen LogP) is 4.61. The van der Waals surface area contributed by atoms with Gasteiger partial charge in [-0.05, 0) is 68.3 Å². The van der Waals surface area contributed by atoms with Crippen molar-refractivity contribution in [3.63, 3.8) is 0 Å². The molecule has 2 saturated carbocycles. The fourth-order valence-electron chi connectivity index (χ4n) is 10.5. The first-order chi connectivity index (χ1) is 19.4. The number of aliphatic hydroxyl groups excluding tert-OH is 2. The van der Waals surface area contributed by atoms with Crippen LogP contribution in [-0.4, -0.2) is 72.5 Å². The Morgan fingerprint density at radius 3 is 2.40 bits per heavy atom. The number of hydrogen-bond acceptors (Lipinski definition) is 8. The summed E-state index contributed by atoms with van der Waals surface area (Å²) in [6, 6.07) is 0. The zero-order valence-electron chi connectivity index (χ0n) is 27.1. The van der Waals surface area contributed by atoms with Gasteiger partial charge in [0.15, 0.2) is 12.1 Å². The summed E-state index contributed by atoms with van der Waals surface area (Å²) in [5.74, 6) is -0.531. The van der Waals surface area contributed by atoms with Gasteiger partial charge in [-0.15, -0.1) is 0 Å². The lowest BCUT2D eigenvalue weighted by molar-refractivity contribution is -0.213. The van der Waals surface area contributed by atoms with E-state index in [1.54, 1.807) is 20.3 Å². The van der Waals surface area contributed by atoms with Crippen LogP contribution in [0.1, 0.15) is 81.1 Å². The van der Waals surface area contributed by atoms with E-state index in [0.29, 0.717) is 19.3 Å². The third-order valence-corrected chi connectivity index (χ3v) is 12.7. The lowest BCUT2D eigenvalue weighted by Crippen LogP contribution is -2.68. The van der Waals surface area contributed by atoms with E-state index in [1.807, 2.05) is 33.8 Å². The SMILES string of the molecule is CO[C@H]1O[C@@H]([C@H](O)C(C)(C)OC)C[C@@H]1[C@H]1CC=C2[C@@]3(C)[C@H]([C@H](O)C[C@@]21C)[C@@]1(C)C=CC(=O)C(C)(C)[C@@H]1C[C@H]3OC(C)=O. The van der Waals surface area contributed by atoms with E-state index in [4.69, 9.17) is 18.9 Å². The van der Waals surface area contributed by atoms with Crippen molar-refractivity contribution in [3.8, 4) is 0 Å². The Morgan fingerprint density at radius 2 is 1.81 bits per heavy atom. The summed E-state index contributed by atoms with van der Waals surface area (Å²) >= 11 is 0. The van der Waals surface area contributed by atoms with Crippen molar-refractivity contribution >= 4 is 11.8 Å². The molecule has 0 radical (unpaired) electrons. The Kier molecular flexibility index (Phi) is 7.75. The van der Waals surface area contributed by atoms with E-state index in [-0.39, 0.29) is 35.4 Å². The number of carbonyl (C=O) groups excluding carboxylic acids is 2. The van der Waals surface area contributed by atoms with Gasteiger partial charge in [-0.1, -0.05) is 52.3 Å². The Balaban J connectivity index is 1.55. The van der Waals surface area contributed by atoms with Crippen molar-refractivity contribution < 1.29 is 38.7 Å². The molecule has 0 aromatic rings. The molecule has 0 aromatic heterocycles. The predicted molar refractivity (Wildman–Crippen MR) is 157 cm³/mol. The minimum absolute atomic E-state index is 0.0151. The van der Waals surface area contributed by atoms with Gasteiger partial charge in [0.2, 0.25) is 0 Å². The smallest absolute Gasteiger partial charge is 0.302 e. The molecule has 42 heavy (non-hydrogen) atoms. The maximum absolute atomic E-state index is 13.1. The normalized spacial score (nSPS) is 46.9. The first-order valence-electron chi connectivity index (χ1n) is 15.6. The van der Waals surface area contributed by atoms with Crippen LogP contribution >= 0.6 is 0 Å². The summed E-state index contributed by atoms with van der Waals surface area (Å²) in [5, 5.41) is 23.4. The van der Waals surface area contributed by atoms with Gasteiger partial charge in [0.25, 0.3) is 0 Å². The molecule has 1 aliphatic heterocycles. The van der Waals surface area contributed by atoms with Crippen LogP contribution in [0.5, 0.6) is 0 Å². The van der Waals surface area contributed by atoms with Crippen molar-refractivity contribution in [1.82, 2.24) is 0 Å². The molecule has 4 aliphatic carbocycles. The number of ether oxygens (including phenoxy) is 4. The van der Waals surface area contributed by atoms with Gasteiger partial charge in [0.05, 0.1) is 17.8 Å². The van der Waals surface area contributed by atoms with Gasteiger partial charge in [-0.2, -0.15) is 0 Å². The number of rotatable bonds is 6. The van der Waals surface area contributed by atoms with Gasteiger partial charge in [-0.25, -0.2) is 0 Å². The van der Waals surface area contributed by atoms with Crippen LogP contribution in [0.2, 0.25) is 0 Å². The average molecular weight is 589 g/mol. The maximum Gasteiger partial charge on any atom is 0.302 e. The second-order valence-corrected chi connectivity index (χ2v) is 15.5. The number of fused-ring (bicyclic) bond motifs is 5. The molecule has 0 unspecified atom stereocenters. The minimum atomic E-state index is -0.835. The van der Waals surface area contributed by atoms with Crippen LogP contribution in [0.15, 0.2) is 23.8 Å². The van der Waals surface area contributed by atoms with Gasteiger partial charge in [0.1, 0.15) is 12.2 Å². The van der Waals surface area contributed by atoms with Crippen molar-refractivity contribution in [2.45, 2.75) is 117 Å². The maximum atomic E-state index is 13.1. The molecule has 8 nitrogen and oxygen atoms in total. The molecule has 0 spiro atoms. The van der Waals surface area contributed by atoms with Crippen LogP contribution in [0, 0.1) is 45.3 Å². The van der Waals surface area contributed by atoms with Crippen molar-refractivity contribution in [3.05, 3.63) is 23.8 Å². The highest BCUT2D eigenvalue weighted by atomic mass is 16.7. The quantitative estimate of drug-likeness (QED) is 0.342. The highest BCUT2D eigenvalue weighted by Gasteiger charge is 2.71. The largest absolute Gasteiger partial charge is 0.462 e. The monoisotopic (exact) mass is 588 g/mol. The minimum Gasteiger partial charge on any atom is -0.462 e. The first-order valence-corrected chi connectivity index (χ1v) is 15.6. The van der Waals surface area contributed by atoms with Crippen molar-refractivity contribution in [1.29, 1.82) is 0 Å². The molecule has 1 heterocycles. The zero-order chi connectivity index (χ0) is 31.2. The Labute approximate surface area is 251 Å². The van der Waals surface area contributed by atoms with Crippen LogP contribution in [-0.2, 0) is 28.5 Å². The fourth-order valence-corrected chi connectivity index (χ4v) is 10.5. The van der Waals surface area contributed by atoms with E-state index in [0.717, 1.165) is 6.42 Å². The molecule has 2 N–H and O–H groups in total. The summed E-state index contributed by atoms with van der Waals surface area (Å²) in [6.45, 7) is 15.7. The molecule has 12 atom stereocenters. The molecule has 8 heteroatoms. The Morgan fingerprint density at radius 1 is 1.14 bits per heavy atom. The van der Waals surface area contributed by atoms with Gasteiger partial charge in [0, 0.05) is 43.8 Å². The van der Waals surface area contributed by atoms with Crippen LogP contribution in [0.4, 0.5) is 0 Å². The summed E-state index contributed by atoms with van der Waals surface area (Å²) < 4.78 is 23.9. The summed E-state index contributed by atoms with van der Waals surface area (Å²) in [7, 11) is 3.23. The van der Waals surface area contributed by atoms with Gasteiger partial charge >= 0.3 is 5.97 Å². The van der Waals surface area contributed by atoms with E-state index >= 15 is 0 Å². The van der Waals surface area contributed by atoms with E-state index in [9.17, 15) is 19.8 Å². The molecular weight excluding hydrogens is 536 g/mol. The topological polar surface area (TPSA) is 112 Å². The number of esters is 1. The number of methoxy groups -OCH3 is 2. The third kappa shape index (κ3) is 4.33. The second-order valence-electron chi connectivity index (χ2n) is 15.5. The van der Waals surface area contributed by atoms with Gasteiger partial charge in [-0.3, -0.25) is 9.59 Å². The average Bonchev–Trinajstić information content (AvgIpc) is 3.47. The summed E-state index contributed by atoms with van der Waals surface area (Å²) in [5.41, 5.74) is -1.71. The first kappa shape index (κ1) is 31.8. The van der Waals surface area contributed by atoms with E-state index in [2.05, 4.69) is 26.8 Å². The van der Waals surface area contributed by atoms with Crippen LogP contribution in [0.25, 0.3) is 0 Å². The molecule has 0 bridgehead atoms. The molecule has 1 saturated heterocycles. The van der Waals surface area contributed by atoms with E-state index in [1.165, 1.54) is 12.5 Å². The lowest BCUT2D eigenvalue weighted by atomic mass is 9.37. The Hall–Kier alpha value is -1.58. The molecule has 5 rings (SSSR count). The fraction of sp³-hybridized carbons (Fsp3) is 0.824. The highest BCUT2D eigenvalue weighted by Crippen LogP contribution is 2.72. The third-order valence-electron chi connectivity index (χ3n) is 12.7. The number of carbonyl (C=O) groups is 2. The van der Waals surface area contributed by atoms with Crippen LogP contribution < -0.4 is 0 Å². The number of ketones is 1. The lowest BCUT2D eigenvalue weighted by Gasteiger charge is -2.67. The van der Waals surface area contributed by atoms with Crippen molar-refractivity contribution in [2.24, 2.45) is 45.3 Å². The standard InChI is InChI=1S/C34H52O8/c1-18(35)41-26-16-24-30(2,3)25(37)13-14-32(24,6)27-21(36)17-33(7)20(11-12-23(33)34(26,27)8)19-15-22(42-29(19)39-9)28(38)31(4,5)40-10/h12-14,19-22,24,26-29,36,38H,11,15-17H2,1-10H3/t19-,20-,21-,22-,24+,26-,27-,28+,29+,32+,33-,34-/m1/s1. The number of allylic oxidation sites excluding steroid dienone is 3. The molecule has 5 aliphatic rings. The zero-order valence-corrected chi connectivity index (χ0v) is 27.1.